The lowest BCUT2D eigenvalue weighted by Crippen LogP contribution is -2.48. The number of allylic oxidation sites excluding steroid dienone is 1. The number of rotatable bonds is 8. The number of hydrazone groups is 1. The summed E-state index contributed by atoms with van der Waals surface area (Å²) < 4.78 is 5.29. The van der Waals surface area contributed by atoms with E-state index in [0.717, 1.165) is 49.1 Å². The Kier molecular flexibility index (Phi) is 8.44. The van der Waals surface area contributed by atoms with E-state index in [-0.39, 0.29) is 5.91 Å². The van der Waals surface area contributed by atoms with E-state index in [2.05, 4.69) is 32.5 Å². The third kappa shape index (κ3) is 6.99. The molecule has 0 aliphatic carbocycles. The van der Waals surface area contributed by atoms with Crippen LogP contribution in [0.5, 0.6) is 5.75 Å². The average molecular weight is 427 g/mol. The fourth-order valence-electron chi connectivity index (χ4n) is 3.30. The number of ether oxygens (including phenoxy) is 1. The summed E-state index contributed by atoms with van der Waals surface area (Å²) in [6.07, 6.45) is 5.22. The molecule has 158 valence electrons. The summed E-state index contributed by atoms with van der Waals surface area (Å²) in [6, 6.07) is 15.7. The molecule has 0 bridgehead atoms. The normalized spacial score (nSPS) is 15.7. The number of carbonyl (C=O) groups excluding carboxylic acids is 1. The van der Waals surface area contributed by atoms with Gasteiger partial charge in [-0.05, 0) is 35.9 Å². The Balaban J connectivity index is 1.36. The number of piperazine rings is 1. The zero-order valence-electron chi connectivity index (χ0n) is 17.1. The fourth-order valence-corrected chi connectivity index (χ4v) is 3.42. The van der Waals surface area contributed by atoms with Crippen LogP contribution < -0.4 is 10.2 Å². The summed E-state index contributed by atoms with van der Waals surface area (Å²) >= 11 is 5.94. The molecule has 0 aromatic heterocycles. The summed E-state index contributed by atoms with van der Waals surface area (Å²) in [4.78, 5) is 16.6. The molecular weight excluding hydrogens is 400 g/mol. The number of halogens is 1. The second-order valence-corrected chi connectivity index (χ2v) is 7.53. The van der Waals surface area contributed by atoms with Crippen molar-refractivity contribution in [1.82, 2.24) is 15.2 Å². The number of para-hydroxylation sites is 1. The average Bonchev–Trinajstić information content (AvgIpc) is 2.77. The molecule has 3 rings (SSSR count). The number of nitrogens with one attached hydrogen (secondary N) is 1. The van der Waals surface area contributed by atoms with Crippen molar-refractivity contribution < 1.29 is 9.53 Å². The number of methoxy groups -OCH3 is 1. The lowest BCUT2D eigenvalue weighted by Gasteiger charge is -2.34. The molecule has 7 heteroatoms. The Morgan fingerprint density at radius 3 is 2.53 bits per heavy atom. The minimum atomic E-state index is -0.108. The van der Waals surface area contributed by atoms with Gasteiger partial charge in [0, 0.05) is 49.5 Å². The van der Waals surface area contributed by atoms with Crippen LogP contribution in [0.25, 0.3) is 6.08 Å². The Bertz CT molecular complexity index is 875. The van der Waals surface area contributed by atoms with E-state index < -0.39 is 0 Å². The highest BCUT2D eigenvalue weighted by atomic mass is 35.5. The molecule has 1 heterocycles. The van der Waals surface area contributed by atoms with Crippen molar-refractivity contribution in [1.29, 1.82) is 0 Å². The topological polar surface area (TPSA) is 57.2 Å². The largest absolute Gasteiger partial charge is 0.496 e. The van der Waals surface area contributed by atoms with E-state index in [1.165, 1.54) is 5.56 Å². The van der Waals surface area contributed by atoms with Crippen molar-refractivity contribution in [3.63, 3.8) is 0 Å². The van der Waals surface area contributed by atoms with Crippen molar-refractivity contribution in [3.8, 4) is 5.75 Å². The van der Waals surface area contributed by atoms with Crippen molar-refractivity contribution in [2.24, 2.45) is 5.10 Å². The molecule has 6 nitrogen and oxygen atoms in total. The smallest absolute Gasteiger partial charge is 0.254 e. The lowest BCUT2D eigenvalue weighted by molar-refractivity contribution is -0.122. The van der Waals surface area contributed by atoms with E-state index in [0.29, 0.717) is 6.54 Å². The monoisotopic (exact) mass is 426 g/mol. The molecule has 1 N–H and O–H groups in total. The van der Waals surface area contributed by atoms with Crippen LogP contribution in [0.1, 0.15) is 11.1 Å². The molecule has 1 fully saturated rings. The standard InChI is InChI=1S/C23H27ClN4O2/c1-30-22-7-3-2-5-20(22)6-4-12-25-26-23(29)18-28-15-13-27(14-16-28)17-19-8-10-21(24)11-9-19/h2-12H,13-18H2,1H3,(H,26,29)/b6-4?,25-12+. The minimum Gasteiger partial charge on any atom is -0.496 e. The van der Waals surface area contributed by atoms with Gasteiger partial charge in [0.05, 0.1) is 13.7 Å². The molecule has 0 saturated carbocycles. The Hall–Kier alpha value is -2.67. The molecule has 30 heavy (non-hydrogen) atoms. The summed E-state index contributed by atoms with van der Waals surface area (Å²) in [5.41, 5.74) is 4.79. The van der Waals surface area contributed by atoms with Gasteiger partial charge in [0.2, 0.25) is 0 Å². The van der Waals surface area contributed by atoms with Crippen LogP contribution in [0, 0.1) is 0 Å². The molecule has 0 atom stereocenters. The SMILES string of the molecule is COc1ccccc1C=C/C=N/NC(=O)CN1CCN(Cc2ccc(Cl)cc2)CC1. The first-order valence-corrected chi connectivity index (χ1v) is 10.3. The molecule has 0 unspecified atom stereocenters. The lowest BCUT2D eigenvalue weighted by atomic mass is 10.2. The van der Waals surface area contributed by atoms with Crippen LogP contribution in [0.2, 0.25) is 5.02 Å². The summed E-state index contributed by atoms with van der Waals surface area (Å²) in [7, 11) is 1.64. The number of amides is 1. The van der Waals surface area contributed by atoms with Crippen LogP contribution in [0.3, 0.4) is 0 Å². The Morgan fingerprint density at radius 1 is 1.10 bits per heavy atom. The van der Waals surface area contributed by atoms with Gasteiger partial charge in [0.1, 0.15) is 5.75 Å². The molecule has 2 aromatic rings. The van der Waals surface area contributed by atoms with Crippen LogP contribution in [0.15, 0.2) is 59.7 Å². The molecule has 1 aliphatic heterocycles. The third-order valence-corrected chi connectivity index (χ3v) is 5.17. The van der Waals surface area contributed by atoms with Gasteiger partial charge in [-0.25, -0.2) is 5.43 Å². The molecule has 1 amide bonds. The van der Waals surface area contributed by atoms with Gasteiger partial charge in [-0.3, -0.25) is 14.6 Å². The number of hydrogen-bond acceptors (Lipinski definition) is 5. The summed E-state index contributed by atoms with van der Waals surface area (Å²) in [6.45, 7) is 4.83. The zero-order valence-corrected chi connectivity index (χ0v) is 17.9. The maximum Gasteiger partial charge on any atom is 0.254 e. The second-order valence-electron chi connectivity index (χ2n) is 7.09. The van der Waals surface area contributed by atoms with E-state index in [1.807, 2.05) is 42.5 Å². The third-order valence-electron chi connectivity index (χ3n) is 4.92. The predicted octanol–water partition coefficient (Wildman–Crippen LogP) is 3.28. The van der Waals surface area contributed by atoms with Crippen molar-refractivity contribution in [2.75, 3.05) is 39.8 Å². The highest BCUT2D eigenvalue weighted by Crippen LogP contribution is 2.18. The minimum absolute atomic E-state index is 0.108. The predicted molar refractivity (Wildman–Crippen MR) is 122 cm³/mol. The first-order valence-electron chi connectivity index (χ1n) is 9.95. The molecule has 1 saturated heterocycles. The maximum atomic E-state index is 12.1. The van der Waals surface area contributed by atoms with Crippen molar-refractivity contribution in [2.45, 2.75) is 6.54 Å². The number of hydrogen-bond donors (Lipinski definition) is 1. The summed E-state index contributed by atoms with van der Waals surface area (Å²) in [5, 5.41) is 4.74. The Labute approximate surface area is 182 Å². The van der Waals surface area contributed by atoms with Crippen LogP contribution in [0.4, 0.5) is 0 Å². The molecule has 0 spiro atoms. The van der Waals surface area contributed by atoms with E-state index in [1.54, 1.807) is 19.4 Å². The zero-order chi connectivity index (χ0) is 21.2. The van der Waals surface area contributed by atoms with Gasteiger partial charge in [-0.15, -0.1) is 0 Å². The number of carbonyl (C=O) groups is 1. The highest BCUT2D eigenvalue weighted by Gasteiger charge is 2.18. The van der Waals surface area contributed by atoms with E-state index >= 15 is 0 Å². The quantitative estimate of drug-likeness (QED) is 0.520. The van der Waals surface area contributed by atoms with E-state index in [4.69, 9.17) is 16.3 Å². The van der Waals surface area contributed by atoms with Crippen molar-refractivity contribution >= 4 is 29.8 Å². The number of nitrogens with zero attached hydrogens (tertiary/aromatic N) is 3. The molecule has 0 radical (unpaired) electrons. The summed E-state index contributed by atoms with van der Waals surface area (Å²) in [5.74, 6) is 0.685. The fraction of sp³-hybridized carbons (Fsp3) is 0.304. The van der Waals surface area contributed by atoms with Gasteiger partial charge in [0.15, 0.2) is 0 Å². The van der Waals surface area contributed by atoms with Crippen LogP contribution in [-0.2, 0) is 11.3 Å². The maximum absolute atomic E-state index is 12.1. The van der Waals surface area contributed by atoms with Gasteiger partial charge < -0.3 is 4.74 Å². The van der Waals surface area contributed by atoms with Gasteiger partial charge in [0.25, 0.3) is 5.91 Å². The first kappa shape index (κ1) is 22.0. The second kappa shape index (κ2) is 11.5. The van der Waals surface area contributed by atoms with Crippen molar-refractivity contribution in [3.05, 3.63) is 70.8 Å². The highest BCUT2D eigenvalue weighted by molar-refractivity contribution is 6.30. The van der Waals surface area contributed by atoms with Gasteiger partial charge in [-0.1, -0.05) is 41.9 Å². The van der Waals surface area contributed by atoms with Crippen LogP contribution in [-0.4, -0.2) is 61.8 Å². The van der Waals surface area contributed by atoms with Gasteiger partial charge >= 0.3 is 0 Å². The number of benzene rings is 2. The molecule has 1 aliphatic rings. The molecule has 2 aromatic carbocycles. The molecular formula is C23H27ClN4O2. The Morgan fingerprint density at radius 2 is 1.80 bits per heavy atom. The van der Waals surface area contributed by atoms with Crippen LogP contribution >= 0.6 is 11.6 Å². The van der Waals surface area contributed by atoms with E-state index in [9.17, 15) is 4.79 Å². The van der Waals surface area contributed by atoms with Gasteiger partial charge in [-0.2, -0.15) is 5.10 Å². The first-order chi connectivity index (χ1) is 14.6.